The fourth-order valence-electron chi connectivity index (χ4n) is 2.53. The van der Waals surface area contributed by atoms with Gasteiger partial charge >= 0.3 is 0 Å². The first-order chi connectivity index (χ1) is 8.08. The lowest BCUT2D eigenvalue weighted by molar-refractivity contribution is 0.105. The van der Waals surface area contributed by atoms with E-state index in [2.05, 4.69) is 37.4 Å². The van der Waals surface area contributed by atoms with Crippen LogP contribution in [0.15, 0.2) is 6.20 Å². The molecule has 96 valence electrons. The van der Waals surface area contributed by atoms with E-state index >= 15 is 0 Å². The van der Waals surface area contributed by atoms with Crippen molar-refractivity contribution in [3.63, 3.8) is 0 Å². The molecule has 2 rings (SSSR count). The van der Waals surface area contributed by atoms with Gasteiger partial charge in [-0.25, -0.2) is 0 Å². The molecule has 1 aromatic rings. The molecular weight excluding hydrogens is 214 g/mol. The number of aryl methyl sites for hydroxylation is 2. The van der Waals surface area contributed by atoms with E-state index in [1.807, 2.05) is 11.7 Å². The number of nitrogens with one attached hydrogen (secondary N) is 1. The lowest BCUT2D eigenvalue weighted by Gasteiger charge is -2.18. The van der Waals surface area contributed by atoms with E-state index in [0.29, 0.717) is 18.1 Å². The highest BCUT2D eigenvalue weighted by Gasteiger charge is 2.24. The minimum absolute atomic E-state index is 0.358. The smallest absolute Gasteiger partial charge is 0.0641 e. The third kappa shape index (κ3) is 2.87. The van der Waals surface area contributed by atoms with Gasteiger partial charge in [-0.05, 0) is 33.1 Å². The lowest BCUT2D eigenvalue weighted by atomic mass is 10.0. The van der Waals surface area contributed by atoms with Gasteiger partial charge in [0.05, 0.1) is 11.8 Å². The summed E-state index contributed by atoms with van der Waals surface area (Å²) in [4.78, 5) is 0. The van der Waals surface area contributed by atoms with Gasteiger partial charge in [-0.2, -0.15) is 5.10 Å². The first-order valence-corrected chi connectivity index (χ1v) is 6.43. The number of aromatic nitrogens is 2. The maximum absolute atomic E-state index is 5.57. The van der Waals surface area contributed by atoms with Gasteiger partial charge in [-0.1, -0.05) is 0 Å². The molecule has 17 heavy (non-hydrogen) atoms. The van der Waals surface area contributed by atoms with Crippen LogP contribution in [0.25, 0.3) is 0 Å². The predicted molar refractivity (Wildman–Crippen MR) is 67.9 cm³/mol. The maximum atomic E-state index is 5.57. The largest absolute Gasteiger partial charge is 0.378 e. The molecule has 0 bridgehead atoms. The Morgan fingerprint density at radius 3 is 2.94 bits per heavy atom. The molecule has 0 saturated carbocycles. The summed E-state index contributed by atoms with van der Waals surface area (Å²) in [5.74, 6) is 0.648. The summed E-state index contributed by atoms with van der Waals surface area (Å²) in [6.45, 7) is 8.36. The van der Waals surface area contributed by atoms with E-state index in [1.165, 1.54) is 12.0 Å². The van der Waals surface area contributed by atoms with E-state index in [1.54, 1.807) is 0 Å². The summed E-state index contributed by atoms with van der Waals surface area (Å²) in [5, 5.41) is 7.97. The van der Waals surface area contributed by atoms with Gasteiger partial charge in [0.1, 0.15) is 0 Å². The predicted octanol–water partition coefficient (Wildman–Crippen LogP) is 1.80. The summed E-state index contributed by atoms with van der Waals surface area (Å²) in [6.07, 6.45) is 3.67. The van der Waals surface area contributed by atoms with E-state index in [9.17, 15) is 0 Å². The summed E-state index contributed by atoms with van der Waals surface area (Å²) in [7, 11) is 1.97. The fraction of sp³-hybridized carbons (Fsp3) is 0.769. The molecule has 0 radical (unpaired) electrons. The molecule has 3 unspecified atom stereocenters. The average molecular weight is 237 g/mol. The zero-order valence-corrected chi connectivity index (χ0v) is 11.2. The van der Waals surface area contributed by atoms with Crippen LogP contribution in [0.1, 0.15) is 37.6 Å². The van der Waals surface area contributed by atoms with Crippen molar-refractivity contribution in [1.29, 1.82) is 0 Å². The monoisotopic (exact) mass is 237 g/mol. The van der Waals surface area contributed by atoms with E-state index < -0.39 is 0 Å². The standard InChI is InChI=1S/C13H23N3O/c1-9(13-8-16(4)15-10(13)2)14-7-12-5-6-17-11(12)3/h8-9,11-12,14H,5-7H2,1-4H3. The van der Waals surface area contributed by atoms with E-state index in [-0.39, 0.29) is 0 Å². The molecule has 4 nitrogen and oxygen atoms in total. The van der Waals surface area contributed by atoms with Crippen molar-refractivity contribution < 1.29 is 4.74 Å². The molecule has 3 atom stereocenters. The van der Waals surface area contributed by atoms with Gasteiger partial charge in [0, 0.05) is 38.0 Å². The van der Waals surface area contributed by atoms with Crippen LogP contribution in [0, 0.1) is 12.8 Å². The summed E-state index contributed by atoms with van der Waals surface area (Å²) >= 11 is 0. The first-order valence-electron chi connectivity index (χ1n) is 6.43. The van der Waals surface area contributed by atoms with Crippen molar-refractivity contribution in [3.05, 3.63) is 17.5 Å². The van der Waals surface area contributed by atoms with Crippen LogP contribution in [0.2, 0.25) is 0 Å². The van der Waals surface area contributed by atoms with Crippen LogP contribution in [-0.4, -0.2) is 29.0 Å². The van der Waals surface area contributed by atoms with Crippen LogP contribution >= 0.6 is 0 Å². The Bertz CT molecular complexity index is 375. The van der Waals surface area contributed by atoms with Crippen LogP contribution < -0.4 is 5.32 Å². The molecule has 1 N–H and O–H groups in total. The van der Waals surface area contributed by atoms with Crippen LogP contribution in [0.3, 0.4) is 0 Å². The number of ether oxygens (including phenoxy) is 1. The zero-order chi connectivity index (χ0) is 12.4. The molecule has 2 heterocycles. The molecule has 1 aliphatic rings. The second-order valence-electron chi connectivity index (χ2n) is 5.10. The normalized spacial score (nSPS) is 26.4. The molecule has 1 fully saturated rings. The van der Waals surface area contributed by atoms with Crippen LogP contribution in [0.4, 0.5) is 0 Å². The molecule has 1 aromatic heterocycles. The summed E-state index contributed by atoms with van der Waals surface area (Å²) < 4.78 is 7.45. The third-order valence-corrected chi connectivity index (χ3v) is 3.74. The number of hydrogen-bond acceptors (Lipinski definition) is 3. The topological polar surface area (TPSA) is 39.1 Å². The molecule has 1 aliphatic heterocycles. The highest BCUT2D eigenvalue weighted by molar-refractivity contribution is 5.19. The Labute approximate surface area is 103 Å². The van der Waals surface area contributed by atoms with Crippen molar-refractivity contribution in [2.45, 2.75) is 39.3 Å². The Hall–Kier alpha value is -0.870. The van der Waals surface area contributed by atoms with Crippen LogP contribution in [0.5, 0.6) is 0 Å². The first kappa shape index (κ1) is 12.6. The minimum Gasteiger partial charge on any atom is -0.378 e. The maximum Gasteiger partial charge on any atom is 0.0641 e. The summed E-state index contributed by atoms with van der Waals surface area (Å²) in [6, 6.07) is 0.358. The minimum atomic E-state index is 0.358. The van der Waals surface area contributed by atoms with Crippen LogP contribution in [-0.2, 0) is 11.8 Å². The quantitative estimate of drug-likeness (QED) is 0.868. The number of rotatable bonds is 4. The molecule has 4 heteroatoms. The molecule has 1 saturated heterocycles. The van der Waals surface area contributed by atoms with Gasteiger partial charge in [0.25, 0.3) is 0 Å². The second-order valence-corrected chi connectivity index (χ2v) is 5.10. The highest BCUT2D eigenvalue weighted by Crippen LogP contribution is 2.21. The van der Waals surface area contributed by atoms with Crippen molar-refractivity contribution in [2.75, 3.05) is 13.2 Å². The van der Waals surface area contributed by atoms with Crippen molar-refractivity contribution in [1.82, 2.24) is 15.1 Å². The highest BCUT2D eigenvalue weighted by atomic mass is 16.5. The Morgan fingerprint density at radius 1 is 1.65 bits per heavy atom. The van der Waals surface area contributed by atoms with Crippen molar-refractivity contribution in [2.24, 2.45) is 13.0 Å². The third-order valence-electron chi connectivity index (χ3n) is 3.74. The zero-order valence-electron chi connectivity index (χ0n) is 11.2. The number of hydrogen-bond donors (Lipinski definition) is 1. The fourth-order valence-corrected chi connectivity index (χ4v) is 2.53. The van der Waals surface area contributed by atoms with Crippen molar-refractivity contribution in [3.8, 4) is 0 Å². The van der Waals surface area contributed by atoms with Gasteiger partial charge in [-0.15, -0.1) is 0 Å². The molecule has 0 aromatic carbocycles. The van der Waals surface area contributed by atoms with Gasteiger partial charge < -0.3 is 10.1 Å². The van der Waals surface area contributed by atoms with Gasteiger partial charge in [0.2, 0.25) is 0 Å². The SMILES string of the molecule is Cc1nn(C)cc1C(C)NCC1CCOC1C. The lowest BCUT2D eigenvalue weighted by Crippen LogP contribution is -2.29. The Balaban J connectivity index is 1.88. The van der Waals surface area contributed by atoms with E-state index in [4.69, 9.17) is 4.74 Å². The molecular formula is C13H23N3O. The van der Waals surface area contributed by atoms with Gasteiger partial charge in [0.15, 0.2) is 0 Å². The second kappa shape index (κ2) is 5.19. The Kier molecular flexibility index (Phi) is 3.84. The van der Waals surface area contributed by atoms with Crippen molar-refractivity contribution >= 4 is 0 Å². The Morgan fingerprint density at radius 2 is 2.41 bits per heavy atom. The molecule has 0 amide bonds. The average Bonchev–Trinajstić information content (AvgIpc) is 2.81. The molecule has 0 aliphatic carbocycles. The van der Waals surface area contributed by atoms with Gasteiger partial charge in [-0.3, -0.25) is 4.68 Å². The van der Waals surface area contributed by atoms with E-state index in [0.717, 1.165) is 18.8 Å². The number of nitrogens with zero attached hydrogens (tertiary/aromatic N) is 2. The summed E-state index contributed by atoms with van der Waals surface area (Å²) in [5.41, 5.74) is 2.40. The molecule has 0 spiro atoms.